The summed E-state index contributed by atoms with van der Waals surface area (Å²) in [6, 6.07) is 5.68. The molecule has 3 heteroatoms. The monoisotopic (exact) mass is 221 g/mol. The Morgan fingerprint density at radius 2 is 2.00 bits per heavy atom. The topological polar surface area (TPSA) is 33.0 Å². The van der Waals surface area contributed by atoms with Crippen LogP contribution in [0.5, 0.6) is 5.75 Å². The number of nitrogens with zero attached hydrogens (tertiary/aromatic N) is 1. The van der Waals surface area contributed by atoms with E-state index in [0.717, 1.165) is 16.9 Å². The van der Waals surface area contributed by atoms with Gasteiger partial charge in [-0.1, -0.05) is 18.2 Å². The molecule has 78 valence electrons. The third-order valence-corrected chi connectivity index (χ3v) is 2.07. The Bertz CT molecular complexity index is 409. The van der Waals surface area contributed by atoms with Crippen molar-refractivity contribution in [1.82, 2.24) is 0 Å². The van der Waals surface area contributed by atoms with Crippen molar-refractivity contribution in [1.29, 1.82) is 5.26 Å². The quantitative estimate of drug-likeness (QED) is 0.785. The van der Waals surface area contributed by atoms with Gasteiger partial charge in [0.15, 0.2) is 0 Å². The van der Waals surface area contributed by atoms with Crippen molar-refractivity contribution >= 4 is 11.6 Å². The summed E-state index contributed by atoms with van der Waals surface area (Å²) < 4.78 is 5.49. The van der Waals surface area contributed by atoms with Crippen LogP contribution in [-0.4, -0.2) is 6.61 Å². The first-order chi connectivity index (χ1) is 7.04. The van der Waals surface area contributed by atoms with E-state index in [9.17, 15) is 0 Å². The fourth-order valence-electron chi connectivity index (χ4n) is 1.39. The lowest BCUT2D eigenvalue weighted by Gasteiger charge is -2.11. The van der Waals surface area contributed by atoms with Crippen LogP contribution in [0.1, 0.15) is 16.7 Å². The number of hydrogen-bond donors (Lipinski definition) is 0. The molecule has 0 N–H and O–H groups in total. The largest absolute Gasteiger partial charge is 0.487 e. The van der Waals surface area contributed by atoms with Crippen molar-refractivity contribution in [2.75, 3.05) is 6.61 Å². The predicted octanol–water partition coefficient (Wildman–Crippen LogP) is 3.31. The molecule has 0 heterocycles. The molecule has 1 aromatic carbocycles. The van der Waals surface area contributed by atoms with Crippen LogP contribution < -0.4 is 4.74 Å². The zero-order valence-electron chi connectivity index (χ0n) is 8.80. The van der Waals surface area contributed by atoms with Crippen molar-refractivity contribution < 1.29 is 4.74 Å². The van der Waals surface area contributed by atoms with Gasteiger partial charge >= 0.3 is 0 Å². The zero-order valence-corrected chi connectivity index (χ0v) is 9.56. The molecule has 0 saturated carbocycles. The molecule has 0 aliphatic carbocycles. The molecule has 0 aliphatic rings. The number of hydrogen-bond acceptors (Lipinski definition) is 2. The highest BCUT2D eigenvalue weighted by atomic mass is 35.5. The maximum atomic E-state index is 8.77. The standard InChI is InChI=1S/C12H12ClNO/c1-8-4-11(6-14)5-9(2)12(8)15-7-10(3)13/h4-5H,3,7H2,1-2H3. The normalized spacial score (nSPS) is 9.47. The van der Waals surface area contributed by atoms with E-state index in [2.05, 4.69) is 12.6 Å². The van der Waals surface area contributed by atoms with Gasteiger partial charge in [-0.3, -0.25) is 0 Å². The summed E-state index contributed by atoms with van der Waals surface area (Å²) in [5.41, 5.74) is 2.51. The second-order valence-corrected chi connectivity index (χ2v) is 3.89. The predicted molar refractivity (Wildman–Crippen MR) is 61.1 cm³/mol. The molecule has 0 spiro atoms. The fraction of sp³-hybridized carbons (Fsp3) is 0.250. The number of benzene rings is 1. The van der Waals surface area contributed by atoms with Gasteiger partial charge in [0.1, 0.15) is 12.4 Å². The SMILES string of the molecule is C=C(Cl)COc1c(C)cc(C#N)cc1C. The van der Waals surface area contributed by atoms with E-state index < -0.39 is 0 Å². The average Bonchev–Trinajstić information content (AvgIpc) is 2.15. The van der Waals surface area contributed by atoms with Gasteiger partial charge in [0.2, 0.25) is 0 Å². The van der Waals surface area contributed by atoms with Gasteiger partial charge in [0.25, 0.3) is 0 Å². The third-order valence-electron chi connectivity index (χ3n) is 1.96. The van der Waals surface area contributed by atoms with Crippen LogP contribution in [-0.2, 0) is 0 Å². The molecule has 1 rings (SSSR count). The molecule has 0 radical (unpaired) electrons. The minimum absolute atomic E-state index is 0.287. The van der Waals surface area contributed by atoms with Crippen LogP contribution in [0.2, 0.25) is 0 Å². The smallest absolute Gasteiger partial charge is 0.125 e. The van der Waals surface area contributed by atoms with Gasteiger partial charge in [0.05, 0.1) is 11.6 Å². The van der Waals surface area contributed by atoms with Crippen molar-refractivity contribution in [2.24, 2.45) is 0 Å². The Morgan fingerprint density at radius 3 is 2.40 bits per heavy atom. The zero-order chi connectivity index (χ0) is 11.4. The highest BCUT2D eigenvalue weighted by molar-refractivity contribution is 6.29. The van der Waals surface area contributed by atoms with E-state index in [1.54, 1.807) is 12.1 Å². The molecule has 0 atom stereocenters. The maximum Gasteiger partial charge on any atom is 0.125 e. The number of rotatable bonds is 3. The summed E-state index contributed by atoms with van der Waals surface area (Å²) in [7, 11) is 0. The number of aryl methyl sites for hydroxylation is 2. The fourth-order valence-corrected chi connectivity index (χ4v) is 1.45. The van der Waals surface area contributed by atoms with E-state index in [4.69, 9.17) is 21.6 Å². The molecule has 0 bridgehead atoms. The van der Waals surface area contributed by atoms with Crippen molar-refractivity contribution in [2.45, 2.75) is 13.8 Å². The van der Waals surface area contributed by atoms with Gasteiger partial charge in [-0.25, -0.2) is 0 Å². The second kappa shape index (κ2) is 4.86. The van der Waals surface area contributed by atoms with Crippen molar-refractivity contribution in [3.8, 4) is 11.8 Å². The van der Waals surface area contributed by atoms with E-state index in [1.165, 1.54) is 0 Å². The van der Waals surface area contributed by atoms with Crippen LogP contribution in [0, 0.1) is 25.2 Å². The molecule has 0 fully saturated rings. The van der Waals surface area contributed by atoms with Crippen LogP contribution in [0.15, 0.2) is 23.7 Å². The summed E-state index contributed by atoms with van der Waals surface area (Å²) in [6.07, 6.45) is 0. The summed E-state index contributed by atoms with van der Waals surface area (Å²) in [5, 5.41) is 9.23. The van der Waals surface area contributed by atoms with Crippen LogP contribution in [0.25, 0.3) is 0 Å². The summed E-state index contributed by atoms with van der Waals surface area (Å²) >= 11 is 5.62. The maximum absolute atomic E-state index is 8.77. The summed E-state index contributed by atoms with van der Waals surface area (Å²) in [6.45, 7) is 7.64. The lowest BCUT2D eigenvalue weighted by atomic mass is 10.1. The average molecular weight is 222 g/mol. The molecule has 0 unspecified atom stereocenters. The van der Waals surface area contributed by atoms with Gasteiger partial charge in [-0.15, -0.1) is 0 Å². The number of halogens is 1. The highest BCUT2D eigenvalue weighted by Crippen LogP contribution is 2.25. The van der Waals surface area contributed by atoms with Crippen molar-refractivity contribution in [3.63, 3.8) is 0 Å². The van der Waals surface area contributed by atoms with Crippen LogP contribution >= 0.6 is 11.6 Å². The molecule has 1 aromatic rings. The third kappa shape index (κ3) is 3.00. The first kappa shape index (κ1) is 11.6. The Balaban J connectivity index is 2.99. The van der Waals surface area contributed by atoms with Gasteiger partial charge in [-0.2, -0.15) is 5.26 Å². The Hall–Kier alpha value is -1.46. The Labute approximate surface area is 94.7 Å². The molecule has 2 nitrogen and oxygen atoms in total. The molecule has 0 amide bonds. The summed E-state index contributed by atoms with van der Waals surface area (Å²) in [5.74, 6) is 0.774. The van der Waals surface area contributed by atoms with E-state index >= 15 is 0 Å². The Morgan fingerprint density at radius 1 is 1.47 bits per heavy atom. The van der Waals surface area contributed by atoms with Gasteiger partial charge in [0, 0.05) is 5.03 Å². The molecule has 0 saturated heterocycles. The van der Waals surface area contributed by atoms with Crippen molar-refractivity contribution in [3.05, 3.63) is 40.4 Å². The minimum Gasteiger partial charge on any atom is -0.487 e. The van der Waals surface area contributed by atoms with Crippen LogP contribution in [0.4, 0.5) is 0 Å². The van der Waals surface area contributed by atoms with Crippen LogP contribution in [0.3, 0.4) is 0 Å². The number of nitriles is 1. The lowest BCUT2D eigenvalue weighted by molar-refractivity contribution is 0.354. The van der Waals surface area contributed by atoms with E-state index in [-0.39, 0.29) is 6.61 Å². The number of ether oxygens (including phenoxy) is 1. The molecular formula is C12H12ClNO. The minimum atomic E-state index is 0.287. The molecular weight excluding hydrogens is 210 g/mol. The molecule has 15 heavy (non-hydrogen) atoms. The lowest BCUT2D eigenvalue weighted by Crippen LogP contribution is -2.00. The first-order valence-electron chi connectivity index (χ1n) is 4.52. The molecule has 0 aromatic heterocycles. The van der Waals surface area contributed by atoms with Gasteiger partial charge in [-0.05, 0) is 37.1 Å². The Kier molecular flexibility index (Phi) is 3.76. The van der Waals surface area contributed by atoms with Gasteiger partial charge < -0.3 is 4.74 Å². The van der Waals surface area contributed by atoms with E-state index in [1.807, 2.05) is 13.8 Å². The summed E-state index contributed by atoms with van der Waals surface area (Å²) in [4.78, 5) is 0. The first-order valence-corrected chi connectivity index (χ1v) is 4.90. The second-order valence-electron chi connectivity index (χ2n) is 3.36. The highest BCUT2D eigenvalue weighted by Gasteiger charge is 2.06. The van der Waals surface area contributed by atoms with E-state index in [0.29, 0.717) is 10.6 Å². The molecule has 0 aliphatic heterocycles.